The van der Waals surface area contributed by atoms with E-state index in [9.17, 15) is 22.8 Å². The number of pyridine rings is 1. The maximum Gasteiger partial charge on any atom is 0.416 e. The average molecular weight is 443 g/mol. The van der Waals surface area contributed by atoms with Gasteiger partial charge in [-0.15, -0.1) is 0 Å². The minimum atomic E-state index is -4.45. The number of fused-ring (bicyclic) bond motifs is 1. The third-order valence-electron chi connectivity index (χ3n) is 4.83. The van der Waals surface area contributed by atoms with Gasteiger partial charge in [-0.05, 0) is 66.5 Å². The lowest BCUT2D eigenvalue weighted by molar-refractivity contribution is -0.137. The highest BCUT2D eigenvalue weighted by Crippen LogP contribution is 2.34. The van der Waals surface area contributed by atoms with E-state index in [2.05, 4.69) is 15.9 Å². The largest absolute Gasteiger partial charge is 0.416 e. The molecule has 0 spiro atoms. The summed E-state index contributed by atoms with van der Waals surface area (Å²) in [6.45, 7) is 5.36. The lowest BCUT2D eigenvalue weighted by Crippen LogP contribution is -2.50. The number of nitrogens with zero attached hydrogens (tertiary/aromatic N) is 2. The van der Waals surface area contributed by atoms with E-state index in [4.69, 9.17) is 0 Å². The van der Waals surface area contributed by atoms with Crippen LogP contribution in [-0.2, 0) is 12.7 Å². The van der Waals surface area contributed by atoms with Crippen molar-refractivity contribution in [2.75, 3.05) is 0 Å². The molecule has 1 aromatic heterocycles. The highest BCUT2D eigenvalue weighted by molar-refractivity contribution is 9.10. The van der Waals surface area contributed by atoms with Crippen molar-refractivity contribution in [2.24, 2.45) is 0 Å². The standard InChI is InChI=1S/C19H18BrF3N2O2/c1-10-6-13(8-14(7-10)19(21,22)23)12(3)25-11(2)9-24-16(18(25)27)5-4-15(20)17(24)26/h4-8,11-12H,9H2,1-3H3. The molecule has 0 aliphatic carbocycles. The number of amides is 1. The molecule has 27 heavy (non-hydrogen) atoms. The predicted molar refractivity (Wildman–Crippen MR) is 98.6 cm³/mol. The van der Waals surface area contributed by atoms with Gasteiger partial charge in [0.05, 0.1) is 16.1 Å². The first-order chi connectivity index (χ1) is 12.5. The molecule has 1 amide bonds. The highest BCUT2D eigenvalue weighted by Gasteiger charge is 2.36. The van der Waals surface area contributed by atoms with Crippen LogP contribution in [0, 0.1) is 6.92 Å². The fraction of sp³-hybridized carbons (Fsp3) is 0.368. The Morgan fingerprint density at radius 2 is 1.85 bits per heavy atom. The van der Waals surface area contributed by atoms with Crippen molar-refractivity contribution in [3.63, 3.8) is 0 Å². The summed E-state index contributed by atoms with van der Waals surface area (Å²) >= 11 is 3.16. The summed E-state index contributed by atoms with van der Waals surface area (Å²) < 4.78 is 41.3. The highest BCUT2D eigenvalue weighted by atomic mass is 79.9. The molecule has 0 saturated heterocycles. The summed E-state index contributed by atoms with van der Waals surface area (Å²) in [5.41, 5.74) is 0.0912. The Balaban J connectivity index is 2.04. The molecule has 0 saturated carbocycles. The van der Waals surface area contributed by atoms with Gasteiger partial charge in [0.25, 0.3) is 11.5 Å². The van der Waals surface area contributed by atoms with E-state index >= 15 is 0 Å². The minimum Gasteiger partial charge on any atom is -0.326 e. The van der Waals surface area contributed by atoms with Crippen LogP contribution in [0.4, 0.5) is 13.2 Å². The minimum absolute atomic E-state index is 0.233. The second-order valence-electron chi connectivity index (χ2n) is 6.85. The number of hydrogen-bond donors (Lipinski definition) is 0. The molecule has 144 valence electrons. The van der Waals surface area contributed by atoms with Crippen LogP contribution < -0.4 is 5.56 Å². The van der Waals surface area contributed by atoms with E-state index in [1.54, 1.807) is 32.9 Å². The van der Waals surface area contributed by atoms with Crippen molar-refractivity contribution in [2.45, 2.75) is 45.6 Å². The van der Waals surface area contributed by atoms with Crippen LogP contribution in [0.25, 0.3) is 0 Å². The number of rotatable bonds is 2. The van der Waals surface area contributed by atoms with Gasteiger partial charge in [-0.25, -0.2) is 0 Å². The van der Waals surface area contributed by atoms with Crippen LogP contribution in [-0.4, -0.2) is 21.4 Å². The topological polar surface area (TPSA) is 42.3 Å². The number of aromatic nitrogens is 1. The van der Waals surface area contributed by atoms with Crippen LogP contribution in [0.3, 0.4) is 0 Å². The van der Waals surface area contributed by atoms with Gasteiger partial charge in [0.15, 0.2) is 0 Å². The summed E-state index contributed by atoms with van der Waals surface area (Å²) in [7, 11) is 0. The summed E-state index contributed by atoms with van der Waals surface area (Å²) in [5, 5.41) is 0. The summed E-state index contributed by atoms with van der Waals surface area (Å²) in [6, 6.07) is 5.98. The first-order valence-electron chi connectivity index (χ1n) is 8.41. The quantitative estimate of drug-likeness (QED) is 0.684. The summed E-state index contributed by atoms with van der Waals surface area (Å²) in [6.07, 6.45) is -4.45. The summed E-state index contributed by atoms with van der Waals surface area (Å²) in [5.74, 6) is -0.374. The van der Waals surface area contributed by atoms with Crippen LogP contribution >= 0.6 is 15.9 Å². The predicted octanol–water partition coefficient (Wildman–Crippen LogP) is 4.54. The molecular weight excluding hydrogens is 425 g/mol. The van der Waals surface area contributed by atoms with Gasteiger partial charge in [0.1, 0.15) is 5.69 Å². The lowest BCUT2D eigenvalue weighted by atomic mass is 9.98. The Morgan fingerprint density at radius 3 is 2.48 bits per heavy atom. The van der Waals surface area contributed by atoms with Crippen LogP contribution in [0.1, 0.15) is 47.1 Å². The SMILES string of the molecule is Cc1cc(C(C)N2C(=O)c3ccc(Br)c(=O)n3CC2C)cc(C(F)(F)F)c1. The third-order valence-corrected chi connectivity index (χ3v) is 5.43. The van der Waals surface area contributed by atoms with Gasteiger partial charge in [-0.1, -0.05) is 11.6 Å². The van der Waals surface area contributed by atoms with Crippen molar-refractivity contribution in [1.82, 2.24) is 9.47 Å². The van der Waals surface area contributed by atoms with Crippen molar-refractivity contribution < 1.29 is 18.0 Å². The van der Waals surface area contributed by atoms with E-state index in [-0.39, 0.29) is 29.7 Å². The monoisotopic (exact) mass is 442 g/mol. The van der Waals surface area contributed by atoms with Crippen molar-refractivity contribution in [3.05, 3.63) is 67.5 Å². The molecule has 0 radical (unpaired) electrons. The molecular formula is C19H18BrF3N2O2. The smallest absolute Gasteiger partial charge is 0.326 e. The fourth-order valence-corrected chi connectivity index (χ4v) is 3.89. The molecule has 2 unspecified atom stereocenters. The Morgan fingerprint density at radius 1 is 1.19 bits per heavy atom. The van der Waals surface area contributed by atoms with Crippen molar-refractivity contribution in [1.29, 1.82) is 0 Å². The molecule has 1 aliphatic heterocycles. The van der Waals surface area contributed by atoms with Crippen LogP contribution in [0.2, 0.25) is 0 Å². The number of carbonyl (C=O) groups excluding carboxylic acids is 1. The Bertz CT molecular complexity index is 968. The number of benzene rings is 1. The molecule has 0 fully saturated rings. The van der Waals surface area contributed by atoms with E-state index < -0.39 is 17.8 Å². The molecule has 1 aliphatic rings. The second-order valence-corrected chi connectivity index (χ2v) is 7.70. The van der Waals surface area contributed by atoms with E-state index in [1.807, 2.05) is 0 Å². The Labute approximate surface area is 162 Å². The van der Waals surface area contributed by atoms with Gasteiger partial charge in [0.2, 0.25) is 0 Å². The average Bonchev–Trinajstić information content (AvgIpc) is 2.57. The van der Waals surface area contributed by atoms with Gasteiger partial charge in [-0.3, -0.25) is 9.59 Å². The number of hydrogen-bond acceptors (Lipinski definition) is 2. The van der Waals surface area contributed by atoms with E-state index in [0.717, 1.165) is 12.1 Å². The first kappa shape index (κ1) is 19.7. The van der Waals surface area contributed by atoms with Crippen LogP contribution in [0.15, 0.2) is 39.6 Å². The zero-order valence-electron chi connectivity index (χ0n) is 15.0. The maximum atomic E-state index is 13.2. The molecule has 1 aromatic carbocycles. The maximum absolute atomic E-state index is 13.2. The molecule has 2 heterocycles. The van der Waals surface area contributed by atoms with Crippen molar-refractivity contribution >= 4 is 21.8 Å². The van der Waals surface area contributed by atoms with Gasteiger partial charge < -0.3 is 9.47 Å². The molecule has 4 nitrogen and oxygen atoms in total. The zero-order valence-corrected chi connectivity index (χ0v) is 16.6. The summed E-state index contributed by atoms with van der Waals surface area (Å²) in [4.78, 5) is 26.8. The lowest BCUT2D eigenvalue weighted by Gasteiger charge is -2.39. The second kappa shape index (κ2) is 6.82. The molecule has 2 aromatic rings. The molecule has 0 bridgehead atoms. The third kappa shape index (κ3) is 3.54. The number of alkyl halides is 3. The van der Waals surface area contributed by atoms with Gasteiger partial charge in [-0.2, -0.15) is 13.2 Å². The van der Waals surface area contributed by atoms with E-state index in [0.29, 0.717) is 15.6 Å². The van der Waals surface area contributed by atoms with E-state index in [1.165, 1.54) is 15.5 Å². The fourth-order valence-electron chi connectivity index (χ4n) is 3.54. The molecule has 3 rings (SSSR count). The van der Waals surface area contributed by atoms with Gasteiger partial charge >= 0.3 is 6.18 Å². The Kier molecular flexibility index (Phi) is 4.96. The molecule has 0 N–H and O–H groups in total. The zero-order chi connectivity index (χ0) is 20.1. The number of halogens is 4. The van der Waals surface area contributed by atoms with Gasteiger partial charge in [0, 0.05) is 12.6 Å². The normalized spacial score (nSPS) is 18.4. The number of aryl methyl sites for hydroxylation is 1. The van der Waals surface area contributed by atoms with Crippen molar-refractivity contribution in [3.8, 4) is 0 Å². The Hall–Kier alpha value is -2.09. The number of carbonyl (C=O) groups is 1. The van der Waals surface area contributed by atoms with Crippen LogP contribution in [0.5, 0.6) is 0 Å². The first-order valence-corrected chi connectivity index (χ1v) is 9.20. The molecule has 8 heteroatoms. The molecule has 2 atom stereocenters.